The lowest BCUT2D eigenvalue weighted by atomic mass is 10.2. The first kappa shape index (κ1) is 18.9. The molecule has 0 radical (unpaired) electrons. The minimum atomic E-state index is -0.294. The molecule has 0 unspecified atom stereocenters. The maximum atomic E-state index is 12.4. The molecular formula is C16H27N3O4S. The van der Waals surface area contributed by atoms with E-state index in [1.807, 2.05) is 13.8 Å². The Kier molecular flexibility index (Phi) is 7.20. The summed E-state index contributed by atoms with van der Waals surface area (Å²) in [6.07, 6.45) is 0.808. The van der Waals surface area contributed by atoms with Gasteiger partial charge >= 0.3 is 6.09 Å². The number of nitrogens with zero attached hydrogens (tertiary/aromatic N) is 3. The molecule has 0 aromatic carbocycles. The summed E-state index contributed by atoms with van der Waals surface area (Å²) in [5.41, 5.74) is 0. The maximum absolute atomic E-state index is 12.4. The van der Waals surface area contributed by atoms with Crippen molar-refractivity contribution in [1.29, 1.82) is 0 Å². The Morgan fingerprint density at radius 2 is 1.83 bits per heavy atom. The van der Waals surface area contributed by atoms with E-state index in [1.165, 1.54) is 11.8 Å². The molecule has 0 atom stereocenters. The van der Waals surface area contributed by atoms with Crippen LogP contribution in [0.3, 0.4) is 0 Å². The number of thioether (sulfide) groups is 1. The van der Waals surface area contributed by atoms with E-state index in [4.69, 9.17) is 4.74 Å². The molecule has 2 saturated heterocycles. The number of ether oxygens (including phenoxy) is 1. The highest BCUT2D eigenvalue weighted by Gasteiger charge is 2.25. The Balaban J connectivity index is 1.74. The van der Waals surface area contributed by atoms with Crippen molar-refractivity contribution in [1.82, 2.24) is 14.7 Å². The van der Waals surface area contributed by atoms with Gasteiger partial charge in [-0.05, 0) is 12.3 Å². The molecule has 7 nitrogen and oxygen atoms in total. The molecule has 0 aromatic heterocycles. The van der Waals surface area contributed by atoms with E-state index >= 15 is 0 Å². The summed E-state index contributed by atoms with van der Waals surface area (Å²) in [7, 11) is 0. The third kappa shape index (κ3) is 5.58. The fourth-order valence-electron chi connectivity index (χ4n) is 2.70. The predicted octanol–water partition coefficient (Wildman–Crippen LogP) is 1.87. The van der Waals surface area contributed by atoms with Gasteiger partial charge in [-0.1, -0.05) is 25.6 Å². The normalized spacial score (nSPS) is 19.0. The van der Waals surface area contributed by atoms with Gasteiger partial charge in [0.2, 0.25) is 5.91 Å². The molecule has 2 fully saturated rings. The minimum absolute atomic E-state index is 0.0529. The fraction of sp³-hybridized carbons (Fsp3) is 0.812. The zero-order chi connectivity index (χ0) is 17.5. The van der Waals surface area contributed by atoms with E-state index in [1.54, 1.807) is 14.7 Å². The molecule has 0 saturated carbocycles. The lowest BCUT2D eigenvalue weighted by Crippen LogP contribution is -2.39. The van der Waals surface area contributed by atoms with Gasteiger partial charge in [-0.2, -0.15) is 0 Å². The monoisotopic (exact) mass is 357 g/mol. The second-order valence-corrected chi connectivity index (χ2v) is 7.59. The Morgan fingerprint density at radius 3 is 2.50 bits per heavy atom. The van der Waals surface area contributed by atoms with Crippen molar-refractivity contribution in [2.45, 2.75) is 26.7 Å². The summed E-state index contributed by atoms with van der Waals surface area (Å²) in [5.74, 6) is 1.17. The van der Waals surface area contributed by atoms with Gasteiger partial charge in [0.25, 0.3) is 5.24 Å². The highest BCUT2D eigenvalue weighted by molar-refractivity contribution is 8.13. The van der Waals surface area contributed by atoms with Crippen LogP contribution in [0.5, 0.6) is 0 Å². The van der Waals surface area contributed by atoms with Crippen molar-refractivity contribution in [3.8, 4) is 0 Å². The summed E-state index contributed by atoms with van der Waals surface area (Å²) in [6, 6.07) is 0. The number of amides is 3. The molecule has 24 heavy (non-hydrogen) atoms. The van der Waals surface area contributed by atoms with Crippen molar-refractivity contribution in [2.75, 3.05) is 51.6 Å². The molecule has 0 aliphatic carbocycles. The Hall–Kier alpha value is -1.44. The molecule has 2 aliphatic heterocycles. The van der Waals surface area contributed by atoms with E-state index in [9.17, 15) is 14.4 Å². The van der Waals surface area contributed by atoms with Gasteiger partial charge in [0, 0.05) is 51.4 Å². The van der Waals surface area contributed by atoms with Gasteiger partial charge in [0.1, 0.15) is 0 Å². The minimum Gasteiger partial charge on any atom is -0.449 e. The number of carbonyl (C=O) groups is 3. The van der Waals surface area contributed by atoms with Crippen LogP contribution in [0, 0.1) is 5.92 Å². The van der Waals surface area contributed by atoms with Gasteiger partial charge in [0.15, 0.2) is 0 Å². The summed E-state index contributed by atoms with van der Waals surface area (Å²) < 4.78 is 5.26. The lowest BCUT2D eigenvalue weighted by molar-refractivity contribution is -0.131. The van der Waals surface area contributed by atoms with Gasteiger partial charge in [-0.3, -0.25) is 9.59 Å². The first-order chi connectivity index (χ1) is 11.5. The molecule has 0 bridgehead atoms. The third-order valence-electron chi connectivity index (χ3n) is 4.09. The van der Waals surface area contributed by atoms with E-state index < -0.39 is 0 Å². The number of carbonyl (C=O) groups excluding carboxylic acids is 3. The Bertz CT molecular complexity index is 472. The van der Waals surface area contributed by atoms with Crippen molar-refractivity contribution in [3.63, 3.8) is 0 Å². The molecule has 3 amide bonds. The molecule has 136 valence electrons. The molecule has 0 N–H and O–H groups in total. The molecule has 2 rings (SSSR count). The van der Waals surface area contributed by atoms with E-state index in [0.717, 1.165) is 18.7 Å². The van der Waals surface area contributed by atoms with Crippen LogP contribution < -0.4 is 0 Å². The van der Waals surface area contributed by atoms with Crippen LogP contribution in [0.2, 0.25) is 0 Å². The molecule has 2 heterocycles. The standard InChI is InChI=1S/C16H27N3O4S/c1-13(2)12-23-15(21)18-6-3-5-17(8-9-18)14(20)4-7-19-10-11-24-16(19)22/h13H,3-12H2,1-2H3. The SMILES string of the molecule is CC(C)COC(=O)N1CCCN(C(=O)CCN2CCSC2=O)CC1. The predicted molar refractivity (Wildman–Crippen MR) is 93.0 cm³/mol. The smallest absolute Gasteiger partial charge is 0.409 e. The fourth-order valence-corrected chi connectivity index (χ4v) is 3.55. The van der Waals surface area contributed by atoms with Crippen LogP contribution in [0.25, 0.3) is 0 Å². The average molecular weight is 357 g/mol. The molecule has 2 aliphatic rings. The van der Waals surface area contributed by atoms with Gasteiger partial charge in [0.05, 0.1) is 6.61 Å². The van der Waals surface area contributed by atoms with Crippen molar-refractivity contribution in [2.24, 2.45) is 5.92 Å². The van der Waals surface area contributed by atoms with Crippen LogP contribution in [0.15, 0.2) is 0 Å². The Labute approximate surface area is 147 Å². The highest BCUT2D eigenvalue weighted by atomic mass is 32.2. The number of hydrogen-bond donors (Lipinski definition) is 0. The van der Waals surface area contributed by atoms with Crippen LogP contribution in [-0.4, -0.2) is 83.6 Å². The average Bonchev–Trinajstić information content (AvgIpc) is 2.81. The van der Waals surface area contributed by atoms with E-state index in [-0.39, 0.29) is 17.2 Å². The quantitative estimate of drug-likeness (QED) is 0.751. The van der Waals surface area contributed by atoms with Crippen LogP contribution in [0.1, 0.15) is 26.7 Å². The summed E-state index contributed by atoms with van der Waals surface area (Å²) >= 11 is 1.31. The molecule has 0 aromatic rings. The largest absolute Gasteiger partial charge is 0.449 e. The highest BCUT2D eigenvalue weighted by Crippen LogP contribution is 2.17. The number of hydrogen-bond acceptors (Lipinski definition) is 5. The van der Waals surface area contributed by atoms with Crippen LogP contribution in [-0.2, 0) is 9.53 Å². The molecule has 0 spiro atoms. The van der Waals surface area contributed by atoms with E-state index in [2.05, 4.69) is 0 Å². The maximum Gasteiger partial charge on any atom is 0.409 e. The van der Waals surface area contributed by atoms with Crippen LogP contribution >= 0.6 is 11.8 Å². The van der Waals surface area contributed by atoms with Gasteiger partial charge in [-0.15, -0.1) is 0 Å². The molecule has 8 heteroatoms. The molecular weight excluding hydrogens is 330 g/mol. The second-order valence-electron chi connectivity index (χ2n) is 6.54. The topological polar surface area (TPSA) is 70.2 Å². The van der Waals surface area contributed by atoms with Gasteiger partial charge < -0.3 is 19.4 Å². The lowest BCUT2D eigenvalue weighted by Gasteiger charge is -2.23. The zero-order valence-electron chi connectivity index (χ0n) is 14.5. The van der Waals surface area contributed by atoms with Crippen LogP contribution in [0.4, 0.5) is 9.59 Å². The number of rotatable bonds is 5. The van der Waals surface area contributed by atoms with Crippen molar-refractivity contribution < 1.29 is 19.1 Å². The summed E-state index contributed by atoms with van der Waals surface area (Å²) in [5, 5.41) is 0.0674. The second kappa shape index (κ2) is 9.15. The van der Waals surface area contributed by atoms with Crippen molar-refractivity contribution in [3.05, 3.63) is 0 Å². The third-order valence-corrected chi connectivity index (χ3v) is 4.98. The zero-order valence-corrected chi connectivity index (χ0v) is 15.3. The summed E-state index contributed by atoms with van der Waals surface area (Å²) in [4.78, 5) is 41.1. The Morgan fingerprint density at radius 1 is 1.12 bits per heavy atom. The van der Waals surface area contributed by atoms with Gasteiger partial charge in [-0.25, -0.2) is 4.79 Å². The van der Waals surface area contributed by atoms with Crippen molar-refractivity contribution >= 4 is 29.0 Å². The summed E-state index contributed by atoms with van der Waals surface area (Å²) in [6.45, 7) is 7.92. The van der Waals surface area contributed by atoms with E-state index in [0.29, 0.717) is 51.7 Å². The first-order valence-corrected chi connectivity index (χ1v) is 9.57. The first-order valence-electron chi connectivity index (χ1n) is 8.58.